The zero-order valence-electron chi connectivity index (χ0n) is 10.6. The molecule has 0 unspecified atom stereocenters. The van der Waals surface area contributed by atoms with Gasteiger partial charge in [0.25, 0.3) is 0 Å². The number of aryl methyl sites for hydroxylation is 1. The van der Waals surface area contributed by atoms with Crippen LogP contribution >= 0.6 is 11.8 Å². The van der Waals surface area contributed by atoms with Gasteiger partial charge in [-0.15, -0.1) is 0 Å². The van der Waals surface area contributed by atoms with Gasteiger partial charge in [0.15, 0.2) is 0 Å². The quantitative estimate of drug-likeness (QED) is 0.709. The Morgan fingerprint density at radius 1 is 1.44 bits per heavy atom. The third-order valence-electron chi connectivity index (χ3n) is 2.38. The molecule has 1 aromatic heterocycles. The second-order valence-electron chi connectivity index (χ2n) is 4.42. The van der Waals surface area contributed by atoms with E-state index in [-0.39, 0.29) is 0 Å². The molecule has 0 bridgehead atoms. The van der Waals surface area contributed by atoms with E-state index in [9.17, 15) is 0 Å². The predicted octanol–water partition coefficient (Wildman–Crippen LogP) is 3.09. The van der Waals surface area contributed by atoms with Crippen LogP contribution < -0.4 is 5.32 Å². The monoisotopic (exact) mass is 241 g/mol. The van der Waals surface area contributed by atoms with Gasteiger partial charge >= 0.3 is 0 Å². The number of aromatic nitrogens is 2. The van der Waals surface area contributed by atoms with Crippen LogP contribution in [0.3, 0.4) is 0 Å². The third-order valence-corrected chi connectivity index (χ3v) is 3.08. The standard InChI is InChI=1S/C12H23N3S/c1-11(2)10-14-12-13-6-8-15(12)7-4-5-9-16-3/h6,8,11H,4-5,7,9-10H2,1-3H3,(H,13,14). The molecule has 0 aliphatic heterocycles. The van der Waals surface area contributed by atoms with Crippen LogP contribution in [0.15, 0.2) is 12.4 Å². The molecule has 92 valence electrons. The van der Waals surface area contributed by atoms with E-state index in [0.717, 1.165) is 19.0 Å². The Hall–Kier alpha value is -0.640. The molecule has 1 aromatic rings. The average molecular weight is 241 g/mol. The zero-order valence-corrected chi connectivity index (χ0v) is 11.4. The first-order valence-corrected chi connectivity index (χ1v) is 7.37. The molecule has 0 aliphatic rings. The van der Waals surface area contributed by atoms with E-state index < -0.39 is 0 Å². The minimum absolute atomic E-state index is 0.654. The van der Waals surface area contributed by atoms with E-state index in [4.69, 9.17) is 0 Å². The van der Waals surface area contributed by atoms with Crippen molar-refractivity contribution in [3.8, 4) is 0 Å². The van der Waals surface area contributed by atoms with Crippen molar-refractivity contribution in [1.29, 1.82) is 0 Å². The molecular weight excluding hydrogens is 218 g/mol. The molecule has 0 fully saturated rings. The van der Waals surface area contributed by atoms with Crippen LogP contribution in [0.25, 0.3) is 0 Å². The highest BCUT2D eigenvalue weighted by molar-refractivity contribution is 7.98. The van der Waals surface area contributed by atoms with E-state index in [1.54, 1.807) is 0 Å². The normalized spacial score (nSPS) is 11.0. The Labute approximate surface area is 103 Å². The van der Waals surface area contributed by atoms with E-state index in [2.05, 4.69) is 41.2 Å². The van der Waals surface area contributed by atoms with Crippen LogP contribution in [0.5, 0.6) is 0 Å². The molecule has 4 heteroatoms. The summed E-state index contributed by atoms with van der Waals surface area (Å²) >= 11 is 1.92. The minimum Gasteiger partial charge on any atom is -0.355 e. The maximum Gasteiger partial charge on any atom is 0.202 e. The smallest absolute Gasteiger partial charge is 0.202 e. The number of unbranched alkanes of at least 4 members (excludes halogenated alkanes) is 1. The number of hydrogen-bond donors (Lipinski definition) is 1. The lowest BCUT2D eigenvalue weighted by molar-refractivity contribution is 0.627. The SMILES string of the molecule is CSCCCCn1ccnc1NCC(C)C. The van der Waals surface area contributed by atoms with Gasteiger partial charge in [0.1, 0.15) is 0 Å². The van der Waals surface area contributed by atoms with E-state index in [1.165, 1.54) is 18.6 Å². The molecule has 0 atom stereocenters. The molecule has 0 saturated heterocycles. The summed E-state index contributed by atoms with van der Waals surface area (Å²) in [5, 5.41) is 3.38. The van der Waals surface area contributed by atoms with Gasteiger partial charge in [0.2, 0.25) is 5.95 Å². The highest BCUT2D eigenvalue weighted by Gasteiger charge is 2.02. The molecule has 0 aromatic carbocycles. The van der Waals surface area contributed by atoms with Crippen molar-refractivity contribution in [3.05, 3.63) is 12.4 Å². The van der Waals surface area contributed by atoms with Crippen molar-refractivity contribution < 1.29 is 0 Å². The number of thioether (sulfide) groups is 1. The van der Waals surface area contributed by atoms with Crippen LogP contribution in [0.2, 0.25) is 0 Å². The summed E-state index contributed by atoms with van der Waals surface area (Å²) < 4.78 is 2.21. The van der Waals surface area contributed by atoms with Crippen molar-refractivity contribution in [2.75, 3.05) is 23.9 Å². The van der Waals surface area contributed by atoms with Crippen LogP contribution in [0, 0.1) is 5.92 Å². The van der Waals surface area contributed by atoms with Gasteiger partial charge in [-0.3, -0.25) is 0 Å². The number of nitrogens with one attached hydrogen (secondary N) is 1. The molecular formula is C12H23N3S. The minimum atomic E-state index is 0.654. The zero-order chi connectivity index (χ0) is 11.8. The topological polar surface area (TPSA) is 29.9 Å². The average Bonchev–Trinajstić information content (AvgIpc) is 2.69. The Morgan fingerprint density at radius 2 is 2.25 bits per heavy atom. The van der Waals surface area contributed by atoms with Gasteiger partial charge < -0.3 is 9.88 Å². The predicted molar refractivity (Wildman–Crippen MR) is 73.2 cm³/mol. The summed E-state index contributed by atoms with van der Waals surface area (Å²) in [6, 6.07) is 0. The second kappa shape index (κ2) is 7.60. The summed E-state index contributed by atoms with van der Waals surface area (Å²) in [4.78, 5) is 4.33. The highest BCUT2D eigenvalue weighted by atomic mass is 32.2. The van der Waals surface area contributed by atoms with Gasteiger partial charge in [-0.05, 0) is 30.8 Å². The fourth-order valence-corrected chi connectivity index (χ4v) is 1.97. The van der Waals surface area contributed by atoms with Crippen LogP contribution in [-0.4, -0.2) is 28.1 Å². The molecule has 0 spiro atoms. The van der Waals surface area contributed by atoms with Crippen LogP contribution in [0.4, 0.5) is 5.95 Å². The molecule has 0 radical (unpaired) electrons. The van der Waals surface area contributed by atoms with Crippen molar-refractivity contribution >= 4 is 17.7 Å². The number of imidazole rings is 1. The third kappa shape index (κ3) is 4.92. The number of nitrogens with zero attached hydrogens (tertiary/aromatic N) is 2. The summed E-state index contributed by atoms with van der Waals surface area (Å²) in [5.41, 5.74) is 0. The first kappa shape index (κ1) is 13.4. The lowest BCUT2D eigenvalue weighted by atomic mass is 10.2. The number of hydrogen-bond acceptors (Lipinski definition) is 3. The largest absolute Gasteiger partial charge is 0.355 e. The summed E-state index contributed by atoms with van der Waals surface area (Å²) in [7, 11) is 0. The Bertz CT molecular complexity index is 284. The molecule has 1 N–H and O–H groups in total. The summed E-state index contributed by atoms with van der Waals surface area (Å²) in [5.74, 6) is 2.92. The van der Waals surface area contributed by atoms with Crippen LogP contribution in [-0.2, 0) is 6.54 Å². The van der Waals surface area contributed by atoms with E-state index in [1.807, 2.05) is 18.0 Å². The molecule has 1 heterocycles. The Kier molecular flexibility index (Phi) is 6.38. The molecule has 0 saturated carbocycles. The lowest BCUT2D eigenvalue weighted by Gasteiger charge is -2.11. The van der Waals surface area contributed by atoms with Crippen molar-refractivity contribution in [3.63, 3.8) is 0 Å². The fourth-order valence-electron chi connectivity index (χ4n) is 1.48. The van der Waals surface area contributed by atoms with Gasteiger partial charge in [0.05, 0.1) is 0 Å². The first-order chi connectivity index (χ1) is 7.74. The van der Waals surface area contributed by atoms with E-state index in [0.29, 0.717) is 5.92 Å². The van der Waals surface area contributed by atoms with Crippen molar-refractivity contribution in [1.82, 2.24) is 9.55 Å². The molecule has 0 aliphatic carbocycles. The highest BCUT2D eigenvalue weighted by Crippen LogP contribution is 2.08. The van der Waals surface area contributed by atoms with Crippen LogP contribution in [0.1, 0.15) is 26.7 Å². The lowest BCUT2D eigenvalue weighted by Crippen LogP contribution is -2.12. The van der Waals surface area contributed by atoms with Gasteiger partial charge in [-0.1, -0.05) is 13.8 Å². The Morgan fingerprint density at radius 3 is 2.94 bits per heavy atom. The number of anilines is 1. The molecule has 1 rings (SSSR count). The van der Waals surface area contributed by atoms with Gasteiger partial charge in [0, 0.05) is 25.5 Å². The van der Waals surface area contributed by atoms with Gasteiger partial charge in [-0.25, -0.2) is 4.98 Å². The molecule has 0 amide bonds. The maximum absolute atomic E-state index is 4.33. The first-order valence-electron chi connectivity index (χ1n) is 5.98. The molecule has 16 heavy (non-hydrogen) atoms. The number of rotatable bonds is 8. The van der Waals surface area contributed by atoms with Crippen molar-refractivity contribution in [2.45, 2.75) is 33.2 Å². The van der Waals surface area contributed by atoms with E-state index >= 15 is 0 Å². The molecule has 3 nitrogen and oxygen atoms in total. The Balaban J connectivity index is 2.32. The van der Waals surface area contributed by atoms with Crippen molar-refractivity contribution in [2.24, 2.45) is 5.92 Å². The second-order valence-corrected chi connectivity index (χ2v) is 5.40. The maximum atomic E-state index is 4.33. The van der Waals surface area contributed by atoms with Gasteiger partial charge in [-0.2, -0.15) is 11.8 Å². The summed E-state index contributed by atoms with van der Waals surface area (Å²) in [6.07, 6.45) is 8.60. The fraction of sp³-hybridized carbons (Fsp3) is 0.750. The summed E-state index contributed by atoms with van der Waals surface area (Å²) in [6.45, 7) is 6.47.